The van der Waals surface area contributed by atoms with E-state index in [9.17, 15) is 9.18 Å². The standard InChI is InChI=1S/C18H14FN3O2S/c19-14-3-1-2-4-15(14)21-18-22-17(23)16(25-18)11-12-5-7-13(8-6-12)24-10-9-20/h1-8,11,18,21H,10H2,(H,22,23)/b16-11-. The summed E-state index contributed by atoms with van der Waals surface area (Å²) >= 11 is 1.28. The Balaban J connectivity index is 1.67. The number of rotatable bonds is 5. The van der Waals surface area contributed by atoms with Gasteiger partial charge in [0.05, 0.1) is 10.6 Å². The lowest BCUT2D eigenvalue weighted by atomic mass is 10.2. The first-order valence-corrected chi connectivity index (χ1v) is 8.34. The van der Waals surface area contributed by atoms with E-state index in [0.29, 0.717) is 16.3 Å². The predicted octanol–water partition coefficient (Wildman–Crippen LogP) is 3.33. The molecule has 1 saturated heterocycles. The van der Waals surface area contributed by atoms with Crippen LogP contribution >= 0.6 is 11.8 Å². The molecule has 2 aromatic rings. The van der Waals surface area contributed by atoms with Crippen LogP contribution < -0.4 is 15.4 Å². The molecule has 126 valence electrons. The Morgan fingerprint density at radius 3 is 2.76 bits per heavy atom. The second kappa shape index (κ2) is 7.73. The van der Waals surface area contributed by atoms with E-state index >= 15 is 0 Å². The number of nitrogens with zero attached hydrogens (tertiary/aromatic N) is 1. The van der Waals surface area contributed by atoms with Crippen molar-refractivity contribution in [2.24, 2.45) is 0 Å². The Morgan fingerprint density at radius 2 is 2.04 bits per heavy atom. The molecule has 1 aliphatic rings. The van der Waals surface area contributed by atoms with E-state index in [1.54, 1.807) is 48.5 Å². The molecule has 1 fully saturated rings. The van der Waals surface area contributed by atoms with Crippen LogP contribution in [0.1, 0.15) is 5.56 Å². The van der Waals surface area contributed by atoms with E-state index in [1.165, 1.54) is 17.8 Å². The largest absolute Gasteiger partial charge is 0.479 e. The van der Waals surface area contributed by atoms with Gasteiger partial charge in [0.15, 0.2) is 12.1 Å². The summed E-state index contributed by atoms with van der Waals surface area (Å²) in [5.41, 5.74) is 0.725. The topological polar surface area (TPSA) is 74.2 Å². The fraction of sp³-hybridized carbons (Fsp3) is 0.111. The number of amides is 1. The second-order valence-electron chi connectivity index (χ2n) is 5.12. The molecule has 1 amide bonds. The van der Waals surface area contributed by atoms with E-state index in [-0.39, 0.29) is 18.3 Å². The summed E-state index contributed by atoms with van der Waals surface area (Å²) < 4.78 is 18.9. The zero-order valence-corrected chi connectivity index (χ0v) is 13.8. The third-order valence-corrected chi connectivity index (χ3v) is 4.40. The second-order valence-corrected chi connectivity index (χ2v) is 6.27. The van der Waals surface area contributed by atoms with Gasteiger partial charge in [0, 0.05) is 0 Å². The quantitative estimate of drug-likeness (QED) is 0.805. The van der Waals surface area contributed by atoms with Crippen LogP contribution in [-0.4, -0.2) is 18.0 Å². The number of hydrogen-bond donors (Lipinski definition) is 2. The van der Waals surface area contributed by atoms with Gasteiger partial charge >= 0.3 is 0 Å². The molecule has 0 radical (unpaired) electrons. The lowest BCUT2D eigenvalue weighted by molar-refractivity contribution is -0.116. The number of halogens is 1. The third-order valence-electron chi connectivity index (χ3n) is 3.37. The molecule has 0 aromatic heterocycles. The van der Waals surface area contributed by atoms with Crippen molar-refractivity contribution in [3.05, 3.63) is 64.8 Å². The Morgan fingerprint density at radius 1 is 1.28 bits per heavy atom. The number of carbonyl (C=O) groups is 1. The summed E-state index contributed by atoms with van der Waals surface area (Å²) in [4.78, 5) is 12.6. The lowest BCUT2D eigenvalue weighted by Gasteiger charge is -2.12. The molecule has 1 heterocycles. The lowest BCUT2D eigenvalue weighted by Crippen LogP contribution is -2.31. The number of carbonyl (C=O) groups excluding carboxylic acids is 1. The molecule has 5 nitrogen and oxygen atoms in total. The van der Waals surface area contributed by atoms with E-state index in [0.717, 1.165) is 5.56 Å². The minimum Gasteiger partial charge on any atom is -0.479 e. The summed E-state index contributed by atoms with van der Waals surface area (Å²) in [6.45, 7) is -0.0118. The Labute approximate surface area is 148 Å². The number of nitrogens with one attached hydrogen (secondary N) is 2. The molecule has 0 saturated carbocycles. The summed E-state index contributed by atoms with van der Waals surface area (Å²) in [5.74, 6) is -0.00212. The van der Waals surface area contributed by atoms with Crippen LogP contribution in [0.4, 0.5) is 10.1 Å². The van der Waals surface area contributed by atoms with Gasteiger partial charge in [-0.15, -0.1) is 0 Å². The molecule has 1 unspecified atom stereocenters. The minimum atomic E-state index is -0.436. The van der Waals surface area contributed by atoms with Gasteiger partial charge in [-0.05, 0) is 35.9 Å². The molecule has 0 aliphatic carbocycles. The Kier molecular flexibility index (Phi) is 5.21. The third kappa shape index (κ3) is 4.31. The van der Waals surface area contributed by atoms with Crippen molar-refractivity contribution >= 4 is 29.4 Å². The molecule has 0 spiro atoms. The zero-order valence-electron chi connectivity index (χ0n) is 13.0. The van der Waals surface area contributed by atoms with Gasteiger partial charge in [0.25, 0.3) is 5.91 Å². The van der Waals surface area contributed by atoms with Gasteiger partial charge in [0.1, 0.15) is 17.6 Å². The number of nitriles is 1. The number of ether oxygens (including phenoxy) is 1. The predicted molar refractivity (Wildman–Crippen MR) is 95.1 cm³/mol. The molecule has 1 atom stereocenters. The Bertz CT molecular complexity index is 846. The van der Waals surface area contributed by atoms with Crippen LogP contribution in [0.25, 0.3) is 6.08 Å². The molecular formula is C18H14FN3O2S. The summed E-state index contributed by atoms with van der Waals surface area (Å²) in [7, 11) is 0. The highest BCUT2D eigenvalue weighted by molar-refractivity contribution is 8.05. The summed E-state index contributed by atoms with van der Waals surface area (Å²) in [5, 5.41) is 14.2. The van der Waals surface area contributed by atoms with E-state index < -0.39 is 5.50 Å². The molecule has 2 aromatic carbocycles. The summed E-state index contributed by atoms with van der Waals surface area (Å²) in [6, 6.07) is 15.3. The van der Waals surface area contributed by atoms with Gasteiger partial charge in [-0.2, -0.15) is 5.26 Å². The molecule has 3 rings (SSSR count). The molecule has 2 N–H and O–H groups in total. The van der Waals surface area contributed by atoms with E-state index in [4.69, 9.17) is 10.00 Å². The first kappa shape index (κ1) is 16.9. The van der Waals surface area contributed by atoms with Gasteiger partial charge in [-0.25, -0.2) is 4.39 Å². The van der Waals surface area contributed by atoms with Gasteiger partial charge in [-0.1, -0.05) is 36.0 Å². The minimum absolute atomic E-state index is 0.0118. The van der Waals surface area contributed by atoms with Crippen LogP contribution in [-0.2, 0) is 4.79 Å². The van der Waals surface area contributed by atoms with Gasteiger partial charge in [-0.3, -0.25) is 4.79 Å². The molecule has 25 heavy (non-hydrogen) atoms. The smallest absolute Gasteiger partial charge is 0.260 e. The molecule has 7 heteroatoms. The fourth-order valence-corrected chi connectivity index (χ4v) is 3.19. The highest BCUT2D eigenvalue weighted by Crippen LogP contribution is 2.31. The van der Waals surface area contributed by atoms with Gasteiger partial charge in [0.2, 0.25) is 0 Å². The molecular weight excluding hydrogens is 341 g/mol. The van der Waals surface area contributed by atoms with Crippen molar-refractivity contribution in [1.82, 2.24) is 5.32 Å². The number of hydrogen-bond acceptors (Lipinski definition) is 5. The summed E-state index contributed by atoms with van der Waals surface area (Å²) in [6.07, 6.45) is 1.75. The van der Waals surface area contributed by atoms with Crippen molar-refractivity contribution in [2.75, 3.05) is 11.9 Å². The van der Waals surface area contributed by atoms with Crippen LogP contribution in [0, 0.1) is 17.1 Å². The normalized spacial score (nSPS) is 17.8. The van der Waals surface area contributed by atoms with Crippen LogP contribution in [0.3, 0.4) is 0 Å². The number of thioether (sulfide) groups is 1. The first-order chi connectivity index (χ1) is 12.2. The maximum atomic E-state index is 13.7. The number of benzene rings is 2. The van der Waals surface area contributed by atoms with E-state index in [1.807, 2.05) is 6.07 Å². The maximum Gasteiger partial charge on any atom is 0.260 e. The Hall–Kier alpha value is -2.98. The number of anilines is 1. The fourth-order valence-electron chi connectivity index (χ4n) is 2.21. The van der Waals surface area contributed by atoms with Crippen molar-refractivity contribution in [1.29, 1.82) is 5.26 Å². The van der Waals surface area contributed by atoms with Crippen molar-refractivity contribution < 1.29 is 13.9 Å². The molecule has 1 aliphatic heterocycles. The molecule has 0 bridgehead atoms. The van der Waals surface area contributed by atoms with Crippen molar-refractivity contribution in [2.45, 2.75) is 5.50 Å². The monoisotopic (exact) mass is 355 g/mol. The first-order valence-electron chi connectivity index (χ1n) is 7.46. The zero-order chi connectivity index (χ0) is 17.6. The van der Waals surface area contributed by atoms with Crippen molar-refractivity contribution in [3.8, 4) is 11.8 Å². The van der Waals surface area contributed by atoms with Crippen molar-refractivity contribution in [3.63, 3.8) is 0 Å². The highest BCUT2D eigenvalue weighted by Gasteiger charge is 2.27. The highest BCUT2D eigenvalue weighted by atomic mass is 32.2. The average molecular weight is 355 g/mol. The average Bonchev–Trinajstić information content (AvgIpc) is 2.95. The number of para-hydroxylation sites is 1. The van der Waals surface area contributed by atoms with Crippen LogP contribution in [0.2, 0.25) is 0 Å². The van der Waals surface area contributed by atoms with Crippen LogP contribution in [0.5, 0.6) is 5.75 Å². The van der Waals surface area contributed by atoms with Gasteiger partial charge < -0.3 is 15.4 Å². The maximum absolute atomic E-state index is 13.7. The van der Waals surface area contributed by atoms with Crippen LogP contribution in [0.15, 0.2) is 53.4 Å². The van der Waals surface area contributed by atoms with E-state index in [2.05, 4.69) is 10.6 Å². The SMILES string of the molecule is N#CCOc1ccc(/C=C2\SC(Nc3ccccc3F)NC2=O)cc1.